The number of carbonyl (C=O) groups is 1. The fourth-order valence-corrected chi connectivity index (χ4v) is 2.80. The molecule has 2 rings (SSSR count). The highest BCUT2D eigenvalue weighted by Crippen LogP contribution is 2.23. The molecule has 0 aliphatic carbocycles. The second-order valence-electron chi connectivity index (χ2n) is 5.19. The molecule has 22 heavy (non-hydrogen) atoms. The van der Waals surface area contributed by atoms with Gasteiger partial charge in [0.25, 0.3) is 0 Å². The van der Waals surface area contributed by atoms with Crippen molar-refractivity contribution in [3.05, 3.63) is 34.7 Å². The zero-order valence-corrected chi connectivity index (χ0v) is 13.6. The zero-order chi connectivity index (χ0) is 15.9. The lowest BCUT2D eigenvalue weighted by Crippen LogP contribution is -2.26. The number of amides is 1. The van der Waals surface area contributed by atoms with Crippen LogP contribution in [0.1, 0.15) is 18.9 Å². The Balaban J connectivity index is 1.91. The molecule has 0 saturated heterocycles. The van der Waals surface area contributed by atoms with E-state index in [0.29, 0.717) is 6.54 Å². The van der Waals surface area contributed by atoms with Crippen LogP contribution in [0.5, 0.6) is 0 Å². The van der Waals surface area contributed by atoms with E-state index in [0.717, 1.165) is 34.9 Å². The van der Waals surface area contributed by atoms with Crippen molar-refractivity contribution in [1.29, 1.82) is 0 Å². The number of hydrogen-bond donors (Lipinski definition) is 3. The molecule has 1 heterocycles. The molecule has 5 nitrogen and oxygen atoms in total. The first kappa shape index (κ1) is 16.6. The maximum absolute atomic E-state index is 11.0. The number of anilines is 1. The van der Waals surface area contributed by atoms with Gasteiger partial charge in [0.05, 0.1) is 16.8 Å². The number of aliphatic hydroxyl groups is 1. The van der Waals surface area contributed by atoms with Gasteiger partial charge in [0.15, 0.2) is 0 Å². The monoisotopic (exact) mass is 319 g/mol. The lowest BCUT2D eigenvalue weighted by molar-refractivity contribution is -0.114. The van der Waals surface area contributed by atoms with Gasteiger partial charge in [-0.1, -0.05) is 12.1 Å². The number of nitrogens with zero attached hydrogens (tertiary/aromatic N) is 1. The summed E-state index contributed by atoms with van der Waals surface area (Å²) >= 11 is 1.63. The van der Waals surface area contributed by atoms with Crippen LogP contribution in [0.25, 0.3) is 11.3 Å². The molecular formula is C16H21N3O2S. The van der Waals surface area contributed by atoms with Crippen LogP contribution in [0.3, 0.4) is 0 Å². The van der Waals surface area contributed by atoms with Crippen molar-refractivity contribution >= 4 is 22.9 Å². The van der Waals surface area contributed by atoms with Crippen molar-refractivity contribution in [2.75, 3.05) is 18.4 Å². The molecule has 0 spiro atoms. The average Bonchev–Trinajstić information content (AvgIpc) is 2.92. The number of aliphatic hydroxyl groups excluding tert-OH is 1. The number of aromatic nitrogens is 1. The Labute approximate surface area is 134 Å². The molecule has 118 valence electrons. The quantitative estimate of drug-likeness (QED) is 0.685. The average molecular weight is 319 g/mol. The van der Waals surface area contributed by atoms with E-state index in [2.05, 4.69) is 15.6 Å². The van der Waals surface area contributed by atoms with Crippen LogP contribution < -0.4 is 10.6 Å². The van der Waals surface area contributed by atoms with Crippen LogP contribution in [0.4, 0.5) is 5.69 Å². The molecule has 0 radical (unpaired) electrons. The number of benzene rings is 1. The van der Waals surface area contributed by atoms with E-state index in [1.54, 1.807) is 18.3 Å². The molecule has 0 aliphatic rings. The minimum atomic E-state index is -0.325. The van der Waals surface area contributed by atoms with Crippen LogP contribution >= 0.6 is 11.3 Å². The third-order valence-electron chi connectivity index (χ3n) is 3.01. The Hall–Kier alpha value is -1.76. The molecule has 0 saturated carbocycles. The molecule has 1 amide bonds. The van der Waals surface area contributed by atoms with Gasteiger partial charge in [0, 0.05) is 43.1 Å². The second kappa shape index (κ2) is 8.03. The summed E-state index contributed by atoms with van der Waals surface area (Å²) in [5.41, 5.74) is 2.77. The first-order chi connectivity index (χ1) is 10.5. The summed E-state index contributed by atoms with van der Waals surface area (Å²) in [5.74, 6) is -0.0756. The zero-order valence-electron chi connectivity index (χ0n) is 12.8. The Morgan fingerprint density at radius 3 is 2.73 bits per heavy atom. The van der Waals surface area contributed by atoms with Crippen molar-refractivity contribution in [2.24, 2.45) is 0 Å². The summed E-state index contributed by atoms with van der Waals surface area (Å²) in [6.45, 7) is 4.66. The maximum atomic E-state index is 11.0. The van der Waals surface area contributed by atoms with E-state index < -0.39 is 0 Å². The fraction of sp³-hybridized carbons (Fsp3) is 0.375. The van der Waals surface area contributed by atoms with Gasteiger partial charge in [-0.05, 0) is 19.1 Å². The summed E-state index contributed by atoms with van der Waals surface area (Å²) in [6.07, 6.45) is 0.524. The Morgan fingerprint density at radius 1 is 1.36 bits per heavy atom. The summed E-state index contributed by atoms with van der Waals surface area (Å²) in [4.78, 5) is 15.6. The van der Waals surface area contributed by atoms with Gasteiger partial charge in [-0.15, -0.1) is 11.3 Å². The van der Waals surface area contributed by atoms with Crippen LogP contribution in [0.2, 0.25) is 0 Å². The van der Waals surface area contributed by atoms with Gasteiger partial charge in [-0.25, -0.2) is 4.98 Å². The number of thiazole rings is 1. The van der Waals surface area contributed by atoms with Gasteiger partial charge in [0.1, 0.15) is 0 Å². The molecule has 2 aromatic rings. The van der Waals surface area contributed by atoms with Crippen molar-refractivity contribution in [2.45, 2.75) is 26.4 Å². The molecule has 1 unspecified atom stereocenters. The van der Waals surface area contributed by atoms with Gasteiger partial charge >= 0.3 is 0 Å². The lowest BCUT2D eigenvalue weighted by atomic mass is 10.1. The second-order valence-corrected chi connectivity index (χ2v) is 6.13. The van der Waals surface area contributed by atoms with Gasteiger partial charge in [-0.3, -0.25) is 4.79 Å². The third kappa shape index (κ3) is 5.22. The van der Waals surface area contributed by atoms with E-state index in [-0.39, 0.29) is 12.0 Å². The summed E-state index contributed by atoms with van der Waals surface area (Å²) < 4.78 is 0. The highest BCUT2D eigenvalue weighted by Gasteiger charge is 2.05. The number of rotatable bonds is 7. The minimum Gasteiger partial charge on any atom is -0.392 e. The molecule has 6 heteroatoms. The van der Waals surface area contributed by atoms with E-state index in [4.69, 9.17) is 0 Å². The largest absolute Gasteiger partial charge is 0.392 e. The van der Waals surface area contributed by atoms with Crippen LogP contribution in [0.15, 0.2) is 29.6 Å². The Morgan fingerprint density at radius 2 is 2.09 bits per heavy atom. The summed E-state index contributed by atoms with van der Waals surface area (Å²) in [6, 6.07) is 7.66. The predicted molar refractivity (Wildman–Crippen MR) is 90.1 cm³/mol. The Bertz CT molecular complexity index is 608. The molecule has 1 aromatic heterocycles. The molecule has 1 atom stereocenters. The maximum Gasteiger partial charge on any atom is 0.221 e. The third-order valence-corrected chi connectivity index (χ3v) is 3.92. The first-order valence-electron chi connectivity index (χ1n) is 7.26. The SMILES string of the molecule is CC(=O)Nc1ccc(-c2csc(CCNCC(C)O)n2)cc1. The molecule has 0 bridgehead atoms. The molecule has 0 aliphatic heterocycles. The predicted octanol–water partition coefficient (Wildman–Crippen LogP) is 2.28. The van der Waals surface area contributed by atoms with Gasteiger partial charge < -0.3 is 15.7 Å². The molecule has 3 N–H and O–H groups in total. The number of carbonyl (C=O) groups excluding carboxylic acids is 1. The van der Waals surface area contributed by atoms with Crippen molar-refractivity contribution < 1.29 is 9.90 Å². The van der Waals surface area contributed by atoms with Crippen molar-refractivity contribution in [3.63, 3.8) is 0 Å². The van der Waals surface area contributed by atoms with Gasteiger partial charge in [-0.2, -0.15) is 0 Å². The Kier molecular flexibility index (Phi) is 6.06. The van der Waals surface area contributed by atoms with E-state index in [9.17, 15) is 9.90 Å². The summed E-state index contributed by atoms with van der Waals surface area (Å²) in [7, 11) is 0. The van der Waals surface area contributed by atoms with Crippen LogP contribution in [-0.4, -0.2) is 35.2 Å². The van der Waals surface area contributed by atoms with E-state index in [1.807, 2.05) is 29.6 Å². The molecular weight excluding hydrogens is 298 g/mol. The van der Waals surface area contributed by atoms with Gasteiger partial charge in [0.2, 0.25) is 5.91 Å². The summed E-state index contributed by atoms with van der Waals surface area (Å²) in [5, 5.41) is 18.2. The molecule has 0 fully saturated rings. The highest BCUT2D eigenvalue weighted by atomic mass is 32.1. The van der Waals surface area contributed by atoms with Crippen LogP contribution in [-0.2, 0) is 11.2 Å². The van der Waals surface area contributed by atoms with Crippen LogP contribution in [0, 0.1) is 0 Å². The fourth-order valence-electron chi connectivity index (χ4n) is 1.99. The first-order valence-corrected chi connectivity index (χ1v) is 8.14. The van der Waals surface area contributed by atoms with E-state index in [1.165, 1.54) is 6.92 Å². The molecule has 1 aromatic carbocycles. The normalized spacial score (nSPS) is 12.1. The number of hydrogen-bond acceptors (Lipinski definition) is 5. The standard InChI is InChI=1S/C16H21N3O2S/c1-11(20)9-17-8-7-16-19-15(10-22-16)13-3-5-14(6-4-13)18-12(2)21/h3-6,10-11,17,20H,7-9H2,1-2H3,(H,18,21). The number of nitrogens with one attached hydrogen (secondary N) is 2. The topological polar surface area (TPSA) is 74.2 Å². The smallest absolute Gasteiger partial charge is 0.221 e. The van der Waals surface area contributed by atoms with Crippen molar-refractivity contribution in [3.8, 4) is 11.3 Å². The minimum absolute atomic E-state index is 0.0756. The lowest BCUT2D eigenvalue weighted by Gasteiger charge is -2.05. The highest BCUT2D eigenvalue weighted by molar-refractivity contribution is 7.09. The van der Waals surface area contributed by atoms with Crippen molar-refractivity contribution in [1.82, 2.24) is 10.3 Å². The van der Waals surface area contributed by atoms with E-state index >= 15 is 0 Å².